The van der Waals surface area contributed by atoms with Crippen LogP contribution in [-0.4, -0.2) is 48.4 Å². The van der Waals surface area contributed by atoms with Crippen LogP contribution in [0.2, 0.25) is 0 Å². The van der Waals surface area contributed by atoms with Gasteiger partial charge in [0.05, 0.1) is 19.3 Å². The average molecular weight is 354 g/mol. The minimum atomic E-state index is -0.0310. The lowest BCUT2D eigenvalue weighted by atomic mass is 9.88. The fourth-order valence-corrected chi connectivity index (χ4v) is 4.01. The van der Waals surface area contributed by atoms with E-state index in [9.17, 15) is 0 Å². The molecule has 26 heavy (non-hydrogen) atoms. The van der Waals surface area contributed by atoms with Gasteiger partial charge in [-0.25, -0.2) is 4.98 Å². The van der Waals surface area contributed by atoms with Crippen molar-refractivity contribution < 1.29 is 14.2 Å². The molecule has 2 aliphatic rings. The van der Waals surface area contributed by atoms with Gasteiger partial charge in [-0.3, -0.25) is 4.90 Å². The number of hydrogen-bond acceptors (Lipinski definition) is 5. The molecule has 5 nitrogen and oxygen atoms in total. The quantitative estimate of drug-likeness (QED) is 0.824. The Labute approximate surface area is 154 Å². The first-order chi connectivity index (χ1) is 12.8. The van der Waals surface area contributed by atoms with Crippen molar-refractivity contribution in [3.63, 3.8) is 0 Å². The van der Waals surface area contributed by atoms with E-state index in [-0.39, 0.29) is 11.7 Å². The maximum atomic E-state index is 6.21. The Morgan fingerprint density at radius 3 is 2.73 bits per heavy atom. The monoisotopic (exact) mass is 354 g/mol. The first-order valence-corrected chi connectivity index (χ1v) is 9.32. The molecule has 5 heteroatoms. The van der Waals surface area contributed by atoms with Crippen molar-refractivity contribution in [1.29, 1.82) is 0 Å². The molecule has 1 atom stereocenters. The van der Waals surface area contributed by atoms with Gasteiger partial charge in [0.15, 0.2) is 0 Å². The van der Waals surface area contributed by atoms with Gasteiger partial charge < -0.3 is 14.2 Å². The van der Waals surface area contributed by atoms with Gasteiger partial charge in [-0.05, 0) is 25.0 Å². The SMILES string of the molecule is COc1ccccc1CN1CCC2(CC1)C[C@@H](Oc1ccccn1)CO2. The van der Waals surface area contributed by atoms with Crippen LogP contribution in [0.1, 0.15) is 24.8 Å². The van der Waals surface area contributed by atoms with Crippen LogP contribution in [-0.2, 0) is 11.3 Å². The van der Waals surface area contributed by atoms with Gasteiger partial charge in [-0.1, -0.05) is 24.3 Å². The fraction of sp³-hybridized carbons (Fsp3) is 0.476. The van der Waals surface area contributed by atoms with E-state index in [2.05, 4.69) is 22.0 Å². The molecular weight excluding hydrogens is 328 g/mol. The number of para-hydroxylation sites is 1. The van der Waals surface area contributed by atoms with Crippen LogP contribution in [0.25, 0.3) is 0 Å². The third-order valence-corrected chi connectivity index (χ3v) is 5.45. The second-order valence-electron chi connectivity index (χ2n) is 7.19. The molecule has 0 bridgehead atoms. The fourth-order valence-electron chi connectivity index (χ4n) is 4.01. The van der Waals surface area contributed by atoms with Crippen LogP contribution in [0.15, 0.2) is 48.7 Å². The Hall–Kier alpha value is -2.11. The van der Waals surface area contributed by atoms with Crippen molar-refractivity contribution in [2.75, 3.05) is 26.8 Å². The third-order valence-electron chi connectivity index (χ3n) is 5.45. The molecule has 3 heterocycles. The molecule has 0 N–H and O–H groups in total. The normalized spacial score (nSPS) is 22.4. The van der Waals surface area contributed by atoms with E-state index in [4.69, 9.17) is 14.2 Å². The van der Waals surface area contributed by atoms with Crippen molar-refractivity contribution in [2.24, 2.45) is 0 Å². The number of benzene rings is 1. The van der Waals surface area contributed by atoms with E-state index in [1.165, 1.54) is 5.56 Å². The predicted octanol–water partition coefficient (Wildman–Crippen LogP) is 3.29. The standard InChI is InChI=1S/C21H26N2O3/c1-24-19-7-3-2-6-17(19)15-23-12-9-21(10-13-23)14-18(16-25-21)26-20-8-4-5-11-22-20/h2-8,11,18H,9-10,12-16H2,1H3/t18-/m1/s1. The lowest BCUT2D eigenvalue weighted by Gasteiger charge is -2.38. The van der Waals surface area contributed by atoms with Crippen molar-refractivity contribution in [2.45, 2.75) is 37.5 Å². The number of methoxy groups -OCH3 is 1. The van der Waals surface area contributed by atoms with Crippen LogP contribution in [0.3, 0.4) is 0 Å². The molecule has 1 spiro atoms. The number of nitrogens with zero attached hydrogens (tertiary/aromatic N) is 2. The van der Waals surface area contributed by atoms with Crippen molar-refractivity contribution in [3.05, 3.63) is 54.2 Å². The molecular formula is C21H26N2O3. The highest BCUT2D eigenvalue weighted by molar-refractivity contribution is 5.33. The molecule has 4 rings (SSSR count). The molecule has 2 aliphatic heterocycles. The molecule has 0 unspecified atom stereocenters. The number of pyridine rings is 1. The Bertz CT molecular complexity index is 714. The van der Waals surface area contributed by atoms with Crippen molar-refractivity contribution in [1.82, 2.24) is 9.88 Å². The molecule has 0 saturated carbocycles. The van der Waals surface area contributed by atoms with Crippen molar-refractivity contribution in [3.8, 4) is 11.6 Å². The first-order valence-electron chi connectivity index (χ1n) is 9.32. The Balaban J connectivity index is 1.31. The molecule has 2 saturated heterocycles. The summed E-state index contributed by atoms with van der Waals surface area (Å²) in [7, 11) is 1.73. The summed E-state index contributed by atoms with van der Waals surface area (Å²) in [4.78, 5) is 6.74. The summed E-state index contributed by atoms with van der Waals surface area (Å²) in [6.07, 6.45) is 4.91. The summed E-state index contributed by atoms with van der Waals surface area (Å²) in [5, 5.41) is 0. The Morgan fingerprint density at radius 2 is 1.96 bits per heavy atom. The van der Waals surface area contributed by atoms with Gasteiger partial charge >= 0.3 is 0 Å². The molecule has 2 fully saturated rings. The van der Waals surface area contributed by atoms with Gasteiger partial charge in [0, 0.05) is 43.9 Å². The van der Waals surface area contributed by atoms with E-state index in [1.54, 1.807) is 13.3 Å². The number of ether oxygens (including phenoxy) is 3. The van der Waals surface area contributed by atoms with Crippen LogP contribution >= 0.6 is 0 Å². The van der Waals surface area contributed by atoms with E-state index in [1.807, 2.05) is 30.3 Å². The average Bonchev–Trinajstić information content (AvgIpc) is 3.07. The minimum absolute atomic E-state index is 0.0310. The molecule has 1 aromatic heterocycles. The van der Waals surface area contributed by atoms with Crippen LogP contribution < -0.4 is 9.47 Å². The molecule has 138 valence electrons. The number of piperidine rings is 1. The highest BCUT2D eigenvalue weighted by atomic mass is 16.6. The summed E-state index contributed by atoms with van der Waals surface area (Å²) >= 11 is 0. The van der Waals surface area contributed by atoms with Crippen LogP contribution in [0.5, 0.6) is 11.6 Å². The molecule has 0 radical (unpaired) electrons. The van der Waals surface area contributed by atoms with Crippen molar-refractivity contribution >= 4 is 0 Å². The summed E-state index contributed by atoms with van der Waals surface area (Å²) in [6.45, 7) is 3.65. The number of likely N-dealkylation sites (tertiary alicyclic amines) is 1. The van der Waals surface area contributed by atoms with E-state index in [0.717, 1.165) is 44.6 Å². The molecule has 2 aromatic rings. The minimum Gasteiger partial charge on any atom is -0.496 e. The number of aromatic nitrogens is 1. The Kier molecular flexibility index (Phi) is 5.09. The van der Waals surface area contributed by atoms with E-state index in [0.29, 0.717) is 12.5 Å². The molecule has 0 aliphatic carbocycles. The summed E-state index contributed by atoms with van der Waals surface area (Å²) in [5.74, 6) is 1.65. The van der Waals surface area contributed by atoms with Crippen LogP contribution in [0, 0.1) is 0 Å². The van der Waals surface area contributed by atoms with Gasteiger partial charge in [-0.2, -0.15) is 0 Å². The number of rotatable bonds is 5. The zero-order chi connectivity index (χ0) is 17.8. The van der Waals surface area contributed by atoms with Gasteiger partial charge in [0.2, 0.25) is 5.88 Å². The second kappa shape index (κ2) is 7.64. The summed E-state index contributed by atoms with van der Waals surface area (Å²) in [6, 6.07) is 14.0. The van der Waals surface area contributed by atoms with Gasteiger partial charge in [0.1, 0.15) is 11.9 Å². The third kappa shape index (κ3) is 3.84. The molecule has 1 aromatic carbocycles. The maximum Gasteiger partial charge on any atom is 0.213 e. The van der Waals surface area contributed by atoms with E-state index >= 15 is 0 Å². The van der Waals surface area contributed by atoms with Crippen LogP contribution in [0.4, 0.5) is 0 Å². The highest BCUT2D eigenvalue weighted by Crippen LogP contribution is 2.37. The number of hydrogen-bond donors (Lipinski definition) is 0. The lowest BCUT2D eigenvalue weighted by molar-refractivity contribution is -0.0455. The van der Waals surface area contributed by atoms with E-state index < -0.39 is 0 Å². The largest absolute Gasteiger partial charge is 0.496 e. The first kappa shape index (κ1) is 17.3. The molecule has 0 amide bonds. The lowest BCUT2D eigenvalue weighted by Crippen LogP contribution is -2.44. The smallest absolute Gasteiger partial charge is 0.213 e. The summed E-state index contributed by atoms with van der Waals surface area (Å²) < 4.78 is 17.7. The van der Waals surface area contributed by atoms with Gasteiger partial charge in [-0.15, -0.1) is 0 Å². The Morgan fingerprint density at radius 1 is 1.15 bits per heavy atom. The van der Waals surface area contributed by atoms with Gasteiger partial charge in [0.25, 0.3) is 0 Å². The predicted molar refractivity (Wildman–Crippen MR) is 99.5 cm³/mol. The second-order valence-corrected chi connectivity index (χ2v) is 7.19. The zero-order valence-electron chi connectivity index (χ0n) is 15.3. The highest BCUT2D eigenvalue weighted by Gasteiger charge is 2.43. The zero-order valence-corrected chi connectivity index (χ0v) is 15.3. The summed E-state index contributed by atoms with van der Waals surface area (Å²) in [5.41, 5.74) is 1.21. The maximum absolute atomic E-state index is 6.21. The topological polar surface area (TPSA) is 43.8 Å².